The number of hydrogen-bond donors (Lipinski definition) is 3. The molecule has 0 spiro atoms. The molecule has 1 aliphatic heterocycles. The van der Waals surface area contributed by atoms with Gasteiger partial charge in [0.2, 0.25) is 5.91 Å². The van der Waals surface area contributed by atoms with E-state index >= 15 is 0 Å². The van der Waals surface area contributed by atoms with Crippen molar-refractivity contribution in [1.82, 2.24) is 15.3 Å². The van der Waals surface area contributed by atoms with Crippen molar-refractivity contribution in [3.63, 3.8) is 0 Å². The van der Waals surface area contributed by atoms with Crippen LogP contribution in [0, 0.1) is 0 Å². The molecule has 2 rings (SSSR count). The SMILES string of the molecule is Nc1nccnc1NC1CNC(=O)C1. The minimum Gasteiger partial charge on any atom is -0.381 e. The highest BCUT2D eigenvalue weighted by Gasteiger charge is 2.21. The number of nitrogens with zero attached hydrogens (tertiary/aromatic N) is 2. The van der Waals surface area contributed by atoms with Crippen LogP contribution in [0.25, 0.3) is 0 Å². The monoisotopic (exact) mass is 193 g/mol. The van der Waals surface area contributed by atoms with Crippen LogP contribution in [0.2, 0.25) is 0 Å². The first-order valence-electron chi connectivity index (χ1n) is 4.35. The average molecular weight is 193 g/mol. The predicted octanol–water partition coefficient (Wildman–Crippen LogP) is -0.641. The fourth-order valence-corrected chi connectivity index (χ4v) is 1.36. The van der Waals surface area contributed by atoms with E-state index in [1.54, 1.807) is 6.20 Å². The first kappa shape index (κ1) is 8.74. The molecule has 4 N–H and O–H groups in total. The smallest absolute Gasteiger partial charge is 0.222 e. The third-order valence-corrected chi connectivity index (χ3v) is 2.04. The van der Waals surface area contributed by atoms with Gasteiger partial charge < -0.3 is 16.4 Å². The molecule has 2 heterocycles. The van der Waals surface area contributed by atoms with Crippen LogP contribution >= 0.6 is 0 Å². The average Bonchev–Trinajstić information content (AvgIpc) is 2.56. The van der Waals surface area contributed by atoms with Crippen molar-refractivity contribution in [3.05, 3.63) is 12.4 Å². The van der Waals surface area contributed by atoms with Crippen molar-refractivity contribution in [2.75, 3.05) is 17.6 Å². The molecule has 0 aromatic carbocycles. The Labute approximate surface area is 80.9 Å². The van der Waals surface area contributed by atoms with E-state index in [0.29, 0.717) is 24.6 Å². The van der Waals surface area contributed by atoms with Crippen molar-refractivity contribution in [2.45, 2.75) is 12.5 Å². The molecule has 1 unspecified atom stereocenters. The summed E-state index contributed by atoms with van der Waals surface area (Å²) in [5, 5.41) is 5.78. The molecule has 1 amide bonds. The molecule has 0 saturated carbocycles. The summed E-state index contributed by atoms with van der Waals surface area (Å²) >= 11 is 0. The second-order valence-electron chi connectivity index (χ2n) is 3.14. The molecular weight excluding hydrogens is 182 g/mol. The molecule has 1 saturated heterocycles. The topological polar surface area (TPSA) is 92.9 Å². The van der Waals surface area contributed by atoms with E-state index in [0.717, 1.165) is 0 Å². The molecule has 0 aliphatic carbocycles. The van der Waals surface area contributed by atoms with Gasteiger partial charge in [0.15, 0.2) is 11.6 Å². The van der Waals surface area contributed by atoms with Gasteiger partial charge in [-0.3, -0.25) is 4.79 Å². The summed E-state index contributed by atoms with van der Waals surface area (Å²) in [6, 6.07) is 0.0569. The van der Waals surface area contributed by atoms with Crippen LogP contribution in [0.15, 0.2) is 12.4 Å². The largest absolute Gasteiger partial charge is 0.381 e. The summed E-state index contributed by atoms with van der Waals surface area (Å²) in [5.41, 5.74) is 5.59. The van der Waals surface area contributed by atoms with Crippen molar-refractivity contribution in [3.8, 4) is 0 Å². The van der Waals surface area contributed by atoms with E-state index in [2.05, 4.69) is 20.6 Å². The van der Waals surface area contributed by atoms with Gasteiger partial charge in [-0.25, -0.2) is 9.97 Å². The number of amides is 1. The minimum absolute atomic E-state index is 0.0463. The molecule has 1 aromatic heterocycles. The fourth-order valence-electron chi connectivity index (χ4n) is 1.36. The fraction of sp³-hybridized carbons (Fsp3) is 0.375. The molecule has 1 aliphatic rings. The van der Waals surface area contributed by atoms with Gasteiger partial charge in [-0.2, -0.15) is 0 Å². The minimum atomic E-state index is 0.0463. The Kier molecular flexibility index (Phi) is 2.18. The van der Waals surface area contributed by atoms with Crippen LogP contribution in [0.4, 0.5) is 11.6 Å². The molecule has 74 valence electrons. The van der Waals surface area contributed by atoms with Crippen LogP contribution in [0.3, 0.4) is 0 Å². The Balaban J connectivity index is 2.04. The highest BCUT2D eigenvalue weighted by atomic mass is 16.1. The summed E-state index contributed by atoms with van der Waals surface area (Å²) in [5.74, 6) is 0.936. The number of nitrogen functional groups attached to an aromatic ring is 1. The van der Waals surface area contributed by atoms with E-state index in [1.165, 1.54) is 6.20 Å². The first-order valence-corrected chi connectivity index (χ1v) is 4.35. The zero-order valence-corrected chi connectivity index (χ0v) is 7.53. The number of nitrogens with one attached hydrogen (secondary N) is 2. The van der Waals surface area contributed by atoms with E-state index < -0.39 is 0 Å². The van der Waals surface area contributed by atoms with E-state index in [9.17, 15) is 4.79 Å². The van der Waals surface area contributed by atoms with E-state index in [-0.39, 0.29) is 11.9 Å². The van der Waals surface area contributed by atoms with Crippen LogP contribution in [0.5, 0.6) is 0 Å². The quantitative estimate of drug-likeness (QED) is 0.581. The summed E-state index contributed by atoms with van der Waals surface area (Å²) in [7, 11) is 0. The van der Waals surface area contributed by atoms with Gasteiger partial charge in [0, 0.05) is 25.4 Å². The van der Waals surface area contributed by atoms with Crippen LogP contribution in [-0.4, -0.2) is 28.5 Å². The third-order valence-electron chi connectivity index (χ3n) is 2.04. The molecule has 0 bridgehead atoms. The number of aromatic nitrogens is 2. The highest BCUT2D eigenvalue weighted by Crippen LogP contribution is 2.13. The lowest BCUT2D eigenvalue weighted by atomic mass is 10.2. The zero-order valence-electron chi connectivity index (χ0n) is 7.53. The number of hydrogen-bond acceptors (Lipinski definition) is 5. The molecule has 1 atom stereocenters. The van der Waals surface area contributed by atoms with Crippen molar-refractivity contribution < 1.29 is 4.79 Å². The maximum atomic E-state index is 10.9. The van der Waals surface area contributed by atoms with Crippen molar-refractivity contribution in [2.24, 2.45) is 0 Å². The van der Waals surface area contributed by atoms with Crippen molar-refractivity contribution in [1.29, 1.82) is 0 Å². The second-order valence-corrected chi connectivity index (χ2v) is 3.14. The number of carbonyl (C=O) groups is 1. The summed E-state index contributed by atoms with van der Waals surface area (Å²) in [4.78, 5) is 18.8. The number of anilines is 2. The molecule has 0 radical (unpaired) electrons. The van der Waals surface area contributed by atoms with Crippen molar-refractivity contribution >= 4 is 17.5 Å². The highest BCUT2D eigenvalue weighted by molar-refractivity contribution is 5.79. The lowest BCUT2D eigenvalue weighted by Crippen LogP contribution is -2.23. The summed E-state index contributed by atoms with van der Waals surface area (Å²) < 4.78 is 0. The lowest BCUT2D eigenvalue weighted by Gasteiger charge is -2.11. The van der Waals surface area contributed by atoms with Gasteiger partial charge in [0.05, 0.1) is 6.04 Å². The maximum Gasteiger partial charge on any atom is 0.222 e. The third kappa shape index (κ3) is 1.73. The Bertz CT molecular complexity index is 353. The molecule has 14 heavy (non-hydrogen) atoms. The molecular formula is C8H11N5O. The Morgan fingerprint density at radius 3 is 2.93 bits per heavy atom. The normalized spacial score (nSPS) is 20.6. The van der Waals surface area contributed by atoms with E-state index in [1.807, 2.05) is 0 Å². The van der Waals surface area contributed by atoms with Gasteiger partial charge >= 0.3 is 0 Å². The van der Waals surface area contributed by atoms with Gasteiger partial charge in [0.25, 0.3) is 0 Å². The van der Waals surface area contributed by atoms with Gasteiger partial charge in [-0.05, 0) is 0 Å². The van der Waals surface area contributed by atoms with Crippen LogP contribution in [0.1, 0.15) is 6.42 Å². The Hall–Kier alpha value is -1.85. The van der Waals surface area contributed by atoms with Gasteiger partial charge in [-0.15, -0.1) is 0 Å². The van der Waals surface area contributed by atoms with Crippen LogP contribution < -0.4 is 16.4 Å². The standard InChI is InChI=1S/C8H11N5O/c9-7-8(11-2-1-10-7)13-5-3-6(14)12-4-5/h1-2,5H,3-4H2,(H2,9,10)(H,11,13)(H,12,14). The predicted molar refractivity (Wildman–Crippen MR) is 51.5 cm³/mol. The lowest BCUT2D eigenvalue weighted by molar-refractivity contribution is -0.119. The molecule has 1 aromatic rings. The Morgan fingerprint density at radius 1 is 1.50 bits per heavy atom. The maximum absolute atomic E-state index is 10.9. The molecule has 6 nitrogen and oxygen atoms in total. The Morgan fingerprint density at radius 2 is 2.29 bits per heavy atom. The number of nitrogens with two attached hydrogens (primary N) is 1. The number of carbonyl (C=O) groups excluding carboxylic acids is 1. The van der Waals surface area contributed by atoms with Crippen LogP contribution in [-0.2, 0) is 4.79 Å². The van der Waals surface area contributed by atoms with Gasteiger partial charge in [0.1, 0.15) is 0 Å². The molecule has 1 fully saturated rings. The molecule has 6 heteroatoms. The summed E-state index contributed by atoms with van der Waals surface area (Å²) in [6.07, 6.45) is 3.54. The zero-order chi connectivity index (χ0) is 9.97. The second kappa shape index (κ2) is 3.49. The first-order chi connectivity index (χ1) is 6.75. The van der Waals surface area contributed by atoms with Gasteiger partial charge in [-0.1, -0.05) is 0 Å². The van der Waals surface area contributed by atoms with E-state index in [4.69, 9.17) is 5.73 Å². The summed E-state index contributed by atoms with van der Waals surface area (Å²) in [6.45, 7) is 0.606. The number of rotatable bonds is 2.